The fraction of sp³-hybridized carbons (Fsp3) is 0.591. The Hall–Kier alpha value is -2.81. The number of carboxylic acid groups (broad SMARTS) is 2. The van der Waals surface area contributed by atoms with Crippen LogP contribution in [0.1, 0.15) is 37.7 Å². The highest BCUT2D eigenvalue weighted by molar-refractivity contribution is 6.27. The molecule has 9 nitrogen and oxygen atoms in total. The summed E-state index contributed by atoms with van der Waals surface area (Å²) in [7, 11) is 3.36. The van der Waals surface area contributed by atoms with Gasteiger partial charge in [0.1, 0.15) is 11.5 Å². The molecule has 3 rings (SSSR count). The standard InChI is InChI=1S/C20H30N2O3.C2H2O4/c1-24-18-7-6-17(19(14-18)25-2)15-21-12-8-16(9-13-21)20(23)22-10-4-3-5-11-22;3-1(4)2(5)6/h6-7,14,16H,3-5,8-13,15H2,1-2H3;(H,3,4)(H,5,6). The van der Waals surface area contributed by atoms with Gasteiger partial charge in [-0.1, -0.05) is 6.07 Å². The predicted molar refractivity (Wildman–Crippen MR) is 113 cm³/mol. The Morgan fingerprint density at radius 1 is 0.935 bits per heavy atom. The second-order valence-electron chi connectivity index (χ2n) is 7.72. The molecule has 0 saturated carbocycles. The molecule has 2 aliphatic rings. The molecule has 31 heavy (non-hydrogen) atoms. The van der Waals surface area contributed by atoms with Gasteiger partial charge in [-0.2, -0.15) is 0 Å². The fourth-order valence-electron chi connectivity index (χ4n) is 3.93. The molecule has 172 valence electrons. The number of carbonyl (C=O) groups is 3. The number of hydrogen-bond donors (Lipinski definition) is 2. The first-order valence-electron chi connectivity index (χ1n) is 10.5. The first kappa shape index (κ1) is 24.5. The van der Waals surface area contributed by atoms with E-state index in [9.17, 15) is 4.79 Å². The van der Waals surface area contributed by atoms with E-state index in [1.807, 2.05) is 12.1 Å². The van der Waals surface area contributed by atoms with Crippen LogP contribution in [0.25, 0.3) is 0 Å². The highest BCUT2D eigenvalue weighted by Crippen LogP contribution is 2.28. The Balaban J connectivity index is 0.000000501. The van der Waals surface area contributed by atoms with E-state index in [0.29, 0.717) is 5.91 Å². The number of amides is 1. The summed E-state index contributed by atoms with van der Waals surface area (Å²) in [6.45, 7) is 4.72. The van der Waals surface area contributed by atoms with Crippen LogP contribution in [0.2, 0.25) is 0 Å². The number of hydrogen-bond acceptors (Lipinski definition) is 6. The Morgan fingerprint density at radius 2 is 1.55 bits per heavy atom. The van der Waals surface area contributed by atoms with Gasteiger partial charge >= 0.3 is 11.9 Å². The van der Waals surface area contributed by atoms with Gasteiger partial charge in [0.05, 0.1) is 14.2 Å². The van der Waals surface area contributed by atoms with Crippen LogP contribution >= 0.6 is 0 Å². The van der Waals surface area contributed by atoms with E-state index >= 15 is 0 Å². The third-order valence-electron chi connectivity index (χ3n) is 5.68. The van der Waals surface area contributed by atoms with Crippen LogP contribution in [-0.2, 0) is 20.9 Å². The number of likely N-dealkylation sites (tertiary alicyclic amines) is 2. The van der Waals surface area contributed by atoms with Crippen LogP contribution < -0.4 is 9.47 Å². The lowest BCUT2D eigenvalue weighted by molar-refractivity contribution is -0.159. The number of ether oxygens (including phenoxy) is 2. The van der Waals surface area contributed by atoms with Crippen molar-refractivity contribution in [2.75, 3.05) is 40.4 Å². The summed E-state index contributed by atoms with van der Waals surface area (Å²) < 4.78 is 10.8. The smallest absolute Gasteiger partial charge is 0.414 e. The largest absolute Gasteiger partial charge is 0.497 e. The summed E-state index contributed by atoms with van der Waals surface area (Å²) in [6, 6.07) is 5.98. The molecule has 0 radical (unpaired) electrons. The topological polar surface area (TPSA) is 117 Å². The lowest BCUT2D eigenvalue weighted by atomic mass is 9.94. The number of piperidine rings is 2. The Bertz CT molecular complexity index is 742. The summed E-state index contributed by atoms with van der Waals surface area (Å²) in [4.78, 5) is 35.4. The number of carboxylic acids is 2. The fourth-order valence-corrected chi connectivity index (χ4v) is 3.93. The molecule has 0 spiro atoms. The van der Waals surface area contributed by atoms with E-state index in [1.54, 1.807) is 14.2 Å². The van der Waals surface area contributed by atoms with Gasteiger partial charge in [-0.15, -0.1) is 0 Å². The average Bonchev–Trinajstić information content (AvgIpc) is 2.80. The summed E-state index contributed by atoms with van der Waals surface area (Å²) in [6.07, 6.45) is 5.54. The maximum atomic E-state index is 12.7. The molecule has 2 aliphatic heterocycles. The minimum absolute atomic E-state index is 0.215. The number of nitrogens with zero attached hydrogens (tertiary/aromatic N) is 2. The number of methoxy groups -OCH3 is 2. The van der Waals surface area contributed by atoms with Crippen molar-refractivity contribution < 1.29 is 34.1 Å². The maximum Gasteiger partial charge on any atom is 0.414 e. The minimum atomic E-state index is -1.82. The highest BCUT2D eigenvalue weighted by atomic mass is 16.5. The maximum absolute atomic E-state index is 12.7. The molecule has 0 bridgehead atoms. The van der Waals surface area contributed by atoms with Crippen molar-refractivity contribution >= 4 is 17.8 Å². The summed E-state index contributed by atoms with van der Waals surface area (Å²) in [5.74, 6) is -1.37. The van der Waals surface area contributed by atoms with E-state index in [4.69, 9.17) is 29.3 Å². The molecular formula is C22H32N2O7. The first-order chi connectivity index (χ1) is 14.8. The highest BCUT2D eigenvalue weighted by Gasteiger charge is 2.29. The van der Waals surface area contributed by atoms with E-state index in [1.165, 1.54) is 24.8 Å². The van der Waals surface area contributed by atoms with Gasteiger partial charge in [-0.3, -0.25) is 9.69 Å². The van der Waals surface area contributed by atoms with Crippen molar-refractivity contribution in [3.8, 4) is 11.5 Å². The van der Waals surface area contributed by atoms with E-state index < -0.39 is 11.9 Å². The van der Waals surface area contributed by atoms with Crippen LogP contribution in [0, 0.1) is 5.92 Å². The molecule has 2 N–H and O–H groups in total. The van der Waals surface area contributed by atoms with Crippen molar-refractivity contribution in [1.82, 2.24) is 9.80 Å². The Labute approximate surface area is 182 Å². The van der Waals surface area contributed by atoms with E-state index in [2.05, 4.69) is 15.9 Å². The zero-order chi connectivity index (χ0) is 22.8. The lowest BCUT2D eigenvalue weighted by Gasteiger charge is -2.35. The lowest BCUT2D eigenvalue weighted by Crippen LogP contribution is -2.44. The van der Waals surface area contributed by atoms with Crippen LogP contribution in [0.4, 0.5) is 0 Å². The van der Waals surface area contributed by atoms with Crippen molar-refractivity contribution in [3.05, 3.63) is 23.8 Å². The zero-order valence-corrected chi connectivity index (χ0v) is 18.2. The van der Waals surface area contributed by atoms with Gasteiger partial charge in [-0.25, -0.2) is 9.59 Å². The average molecular weight is 437 g/mol. The Morgan fingerprint density at radius 3 is 2.06 bits per heavy atom. The molecule has 2 fully saturated rings. The van der Waals surface area contributed by atoms with E-state index in [-0.39, 0.29) is 5.92 Å². The van der Waals surface area contributed by atoms with Crippen molar-refractivity contribution in [1.29, 1.82) is 0 Å². The summed E-state index contributed by atoms with van der Waals surface area (Å²) >= 11 is 0. The zero-order valence-electron chi connectivity index (χ0n) is 18.2. The second kappa shape index (κ2) is 12.1. The number of rotatable bonds is 5. The van der Waals surface area contributed by atoms with Gasteiger partial charge in [0.15, 0.2) is 0 Å². The van der Waals surface area contributed by atoms with Gasteiger partial charge in [-0.05, 0) is 51.3 Å². The molecule has 0 unspecified atom stereocenters. The predicted octanol–water partition coefficient (Wildman–Crippen LogP) is 2.08. The van der Waals surface area contributed by atoms with Gasteiger partial charge in [0.2, 0.25) is 5.91 Å². The molecule has 2 saturated heterocycles. The SMILES string of the molecule is COc1ccc(CN2CCC(C(=O)N3CCCCC3)CC2)c(OC)c1.O=C(O)C(=O)O. The molecule has 2 heterocycles. The molecule has 1 aromatic rings. The third kappa shape index (κ3) is 7.43. The Kier molecular flexibility index (Phi) is 9.58. The van der Waals surface area contributed by atoms with Crippen LogP contribution in [-0.4, -0.2) is 78.3 Å². The van der Waals surface area contributed by atoms with Crippen molar-refractivity contribution in [3.63, 3.8) is 0 Å². The molecule has 1 aromatic carbocycles. The van der Waals surface area contributed by atoms with Crippen molar-refractivity contribution in [2.45, 2.75) is 38.6 Å². The second-order valence-corrected chi connectivity index (χ2v) is 7.72. The molecule has 0 aliphatic carbocycles. The summed E-state index contributed by atoms with van der Waals surface area (Å²) in [5.41, 5.74) is 1.17. The summed E-state index contributed by atoms with van der Waals surface area (Å²) in [5, 5.41) is 14.8. The monoisotopic (exact) mass is 436 g/mol. The van der Waals surface area contributed by atoms with Crippen molar-refractivity contribution in [2.24, 2.45) is 5.92 Å². The molecule has 9 heteroatoms. The number of aliphatic carboxylic acids is 2. The van der Waals surface area contributed by atoms with Crippen LogP contribution in [0.3, 0.4) is 0 Å². The minimum Gasteiger partial charge on any atom is -0.497 e. The normalized spacial score (nSPS) is 17.3. The van der Waals surface area contributed by atoms with Gasteiger partial charge < -0.3 is 24.6 Å². The molecule has 0 aromatic heterocycles. The van der Waals surface area contributed by atoms with Crippen LogP contribution in [0.15, 0.2) is 18.2 Å². The van der Waals surface area contributed by atoms with Gasteiger partial charge in [0, 0.05) is 37.2 Å². The molecule has 1 amide bonds. The number of carbonyl (C=O) groups excluding carboxylic acids is 1. The molecular weight excluding hydrogens is 404 g/mol. The quantitative estimate of drug-likeness (QED) is 0.674. The third-order valence-corrected chi connectivity index (χ3v) is 5.68. The van der Waals surface area contributed by atoms with E-state index in [0.717, 1.165) is 57.1 Å². The molecule has 0 atom stereocenters. The van der Waals surface area contributed by atoms with Gasteiger partial charge in [0.25, 0.3) is 0 Å². The van der Waals surface area contributed by atoms with Crippen LogP contribution in [0.5, 0.6) is 11.5 Å². The number of benzene rings is 1. The first-order valence-corrected chi connectivity index (χ1v) is 10.5.